The van der Waals surface area contributed by atoms with E-state index < -0.39 is 0 Å². The van der Waals surface area contributed by atoms with Crippen molar-refractivity contribution in [2.24, 2.45) is 7.05 Å². The number of hydrogen-bond donors (Lipinski definition) is 0. The van der Waals surface area contributed by atoms with Gasteiger partial charge in [0.25, 0.3) is 0 Å². The van der Waals surface area contributed by atoms with Crippen molar-refractivity contribution in [3.05, 3.63) is 106 Å². The highest BCUT2D eigenvalue weighted by atomic mass is 35.5. The molecule has 3 aromatic carbocycles. The quantitative estimate of drug-likeness (QED) is 0.367. The van der Waals surface area contributed by atoms with Crippen molar-refractivity contribution in [3.8, 4) is 22.3 Å². The molecular formula is C24H17ClFNOS. The average Bonchev–Trinajstić information content (AvgIpc) is 2.70. The Labute approximate surface area is 177 Å². The van der Waals surface area contributed by atoms with E-state index in [0.29, 0.717) is 16.1 Å². The van der Waals surface area contributed by atoms with Crippen LogP contribution in [-0.4, -0.2) is 4.57 Å². The standard InChI is InChI=1S/C24H17ClFNOS/c1-27-14-21(16-6-4-7-17(25)12-16)24(28)22(15-27)20-10-2-3-11-23(20)29-19-9-5-8-18(26)13-19/h2-15H,1H3. The molecule has 0 amide bonds. The maximum Gasteiger partial charge on any atom is 0.197 e. The summed E-state index contributed by atoms with van der Waals surface area (Å²) in [5, 5.41) is 0.581. The molecule has 0 unspecified atom stereocenters. The van der Waals surface area contributed by atoms with Crippen LogP contribution in [0.4, 0.5) is 4.39 Å². The molecule has 1 heterocycles. The molecule has 0 aliphatic carbocycles. The minimum atomic E-state index is -0.286. The molecule has 4 aromatic rings. The Hall–Kier alpha value is -2.82. The van der Waals surface area contributed by atoms with E-state index in [1.54, 1.807) is 24.4 Å². The van der Waals surface area contributed by atoms with Crippen LogP contribution in [0.3, 0.4) is 0 Å². The second-order valence-corrected chi connectivity index (χ2v) is 8.20. The first-order valence-electron chi connectivity index (χ1n) is 9.00. The van der Waals surface area contributed by atoms with Gasteiger partial charge in [-0.25, -0.2) is 4.39 Å². The average molecular weight is 422 g/mol. The number of nitrogens with zero attached hydrogens (tertiary/aromatic N) is 1. The first-order valence-corrected chi connectivity index (χ1v) is 10.2. The van der Waals surface area contributed by atoms with Crippen molar-refractivity contribution in [1.29, 1.82) is 0 Å². The third kappa shape index (κ3) is 4.29. The summed E-state index contributed by atoms with van der Waals surface area (Å²) in [6, 6.07) is 21.4. The normalized spacial score (nSPS) is 10.9. The van der Waals surface area contributed by atoms with Crippen LogP contribution < -0.4 is 5.43 Å². The molecule has 0 bridgehead atoms. The zero-order valence-electron chi connectivity index (χ0n) is 15.6. The first kappa shape index (κ1) is 19.5. The number of aromatic nitrogens is 1. The highest BCUT2D eigenvalue weighted by molar-refractivity contribution is 7.99. The lowest BCUT2D eigenvalue weighted by molar-refractivity contribution is 0.624. The van der Waals surface area contributed by atoms with E-state index in [4.69, 9.17) is 11.6 Å². The number of benzene rings is 3. The van der Waals surface area contributed by atoms with Crippen LogP contribution in [0.5, 0.6) is 0 Å². The number of halogens is 2. The lowest BCUT2D eigenvalue weighted by Gasteiger charge is -2.13. The second-order valence-electron chi connectivity index (χ2n) is 6.65. The van der Waals surface area contributed by atoms with E-state index in [9.17, 15) is 9.18 Å². The second kappa shape index (κ2) is 8.27. The maximum atomic E-state index is 13.6. The van der Waals surface area contributed by atoms with Crippen LogP contribution in [0.25, 0.3) is 22.3 Å². The molecule has 5 heteroatoms. The SMILES string of the molecule is Cn1cc(-c2cccc(Cl)c2)c(=O)c(-c2ccccc2Sc2cccc(F)c2)c1. The molecule has 0 atom stereocenters. The molecule has 0 N–H and O–H groups in total. The van der Waals surface area contributed by atoms with Crippen LogP contribution in [0.1, 0.15) is 0 Å². The number of rotatable bonds is 4. The fraction of sp³-hybridized carbons (Fsp3) is 0.0417. The Morgan fingerprint density at radius 3 is 2.41 bits per heavy atom. The Morgan fingerprint density at radius 1 is 0.862 bits per heavy atom. The van der Waals surface area contributed by atoms with Crippen molar-refractivity contribution in [3.63, 3.8) is 0 Å². The van der Waals surface area contributed by atoms with E-state index in [1.807, 2.05) is 60.3 Å². The molecule has 0 radical (unpaired) electrons. The fourth-order valence-electron chi connectivity index (χ4n) is 3.20. The van der Waals surface area contributed by atoms with Crippen LogP contribution >= 0.6 is 23.4 Å². The smallest absolute Gasteiger partial charge is 0.197 e. The van der Waals surface area contributed by atoms with Gasteiger partial charge in [-0.2, -0.15) is 0 Å². The van der Waals surface area contributed by atoms with E-state index in [-0.39, 0.29) is 11.2 Å². The van der Waals surface area contributed by atoms with Gasteiger partial charge in [-0.15, -0.1) is 0 Å². The van der Waals surface area contributed by atoms with E-state index in [2.05, 4.69) is 0 Å². The number of aryl methyl sites for hydroxylation is 1. The lowest BCUT2D eigenvalue weighted by Crippen LogP contribution is -2.12. The van der Waals surface area contributed by atoms with Gasteiger partial charge in [-0.1, -0.05) is 59.8 Å². The monoisotopic (exact) mass is 421 g/mol. The molecule has 0 spiro atoms. The summed E-state index contributed by atoms with van der Waals surface area (Å²) in [5.74, 6) is -0.286. The minimum absolute atomic E-state index is 0.0716. The largest absolute Gasteiger partial charge is 0.356 e. The predicted molar refractivity (Wildman–Crippen MR) is 118 cm³/mol. The first-order chi connectivity index (χ1) is 14.0. The molecule has 0 aliphatic rings. The summed E-state index contributed by atoms with van der Waals surface area (Å²) >= 11 is 7.56. The molecule has 144 valence electrons. The van der Waals surface area contributed by atoms with Crippen molar-refractivity contribution in [2.45, 2.75) is 9.79 Å². The van der Waals surface area contributed by atoms with Gasteiger partial charge in [0, 0.05) is 50.9 Å². The van der Waals surface area contributed by atoms with Gasteiger partial charge in [0.1, 0.15) is 5.82 Å². The van der Waals surface area contributed by atoms with Gasteiger partial charge in [-0.3, -0.25) is 4.79 Å². The van der Waals surface area contributed by atoms with Crippen molar-refractivity contribution >= 4 is 23.4 Å². The van der Waals surface area contributed by atoms with Crippen molar-refractivity contribution in [2.75, 3.05) is 0 Å². The van der Waals surface area contributed by atoms with Gasteiger partial charge < -0.3 is 4.57 Å². The highest BCUT2D eigenvalue weighted by Gasteiger charge is 2.14. The van der Waals surface area contributed by atoms with Gasteiger partial charge in [0.15, 0.2) is 5.43 Å². The van der Waals surface area contributed by atoms with Gasteiger partial charge in [0.05, 0.1) is 0 Å². The fourth-order valence-corrected chi connectivity index (χ4v) is 4.39. The Kier molecular flexibility index (Phi) is 5.56. The van der Waals surface area contributed by atoms with Crippen LogP contribution in [-0.2, 0) is 7.05 Å². The zero-order chi connectivity index (χ0) is 20.4. The summed E-state index contributed by atoms with van der Waals surface area (Å²) in [5.41, 5.74) is 2.68. The third-order valence-electron chi connectivity index (χ3n) is 4.49. The zero-order valence-corrected chi connectivity index (χ0v) is 17.2. The van der Waals surface area contributed by atoms with Crippen LogP contribution in [0.2, 0.25) is 5.02 Å². The summed E-state index contributed by atoms with van der Waals surface area (Å²) < 4.78 is 15.5. The molecule has 0 saturated heterocycles. The maximum absolute atomic E-state index is 13.6. The van der Waals surface area contributed by atoms with Crippen LogP contribution in [0, 0.1) is 5.82 Å². The molecule has 0 fully saturated rings. The van der Waals surface area contributed by atoms with Gasteiger partial charge in [-0.05, 0) is 42.0 Å². The Bertz CT molecular complexity index is 1250. The molecule has 0 aliphatic heterocycles. The molecule has 1 aromatic heterocycles. The van der Waals surface area contributed by atoms with E-state index in [0.717, 1.165) is 20.9 Å². The molecular weight excluding hydrogens is 405 g/mol. The van der Waals surface area contributed by atoms with Gasteiger partial charge >= 0.3 is 0 Å². The molecule has 0 saturated carbocycles. The minimum Gasteiger partial charge on any atom is -0.356 e. The Morgan fingerprint density at radius 2 is 1.62 bits per heavy atom. The Balaban J connectivity index is 1.85. The highest BCUT2D eigenvalue weighted by Crippen LogP contribution is 2.35. The third-order valence-corrected chi connectivity index (χ3v) is 5.79. The summed E-state index contributed by atoms with van der Waals surface area (Å²) in [6.45, 7) is 0. The molecule has 4 rings (SSSR count). The van der Waals surface area contributed by atoms with Crippen LogP contribution in [0.15, 0.2) is 99.8 Å². The van der Waals surface area contributed by atoms with E-state index in [1.165, 1.54) is 23.9 Å². The number of pyridine rings is 1. The summed E-state index contributed by atoms with van der Waals surface area (Å²) in [6.07, 6.45) is 3.63. The number of hydrogen-bond acceptors (Lipinski definition) is 2. The summed E-state index contributed by atoms with van der Waals surface area (Å²) in [4.78, 5) is 15.0. The topological polar surface area (TPSA) is 22.0 Å². The van der Waals surface area contributed by atoms with Gasteiger partial charge in [0.2, 0.25) is 0 Å². The van der Waals surface area contributed by atoms with Crippen molar-refractivity contribution < 1.29 is 4.39 Å². The lowest BCUT2D eigenvalue weighted by atomic mass is 10.0. The van der Waals surface area contributed by atoms with E-state index >= 15 is 0 Å². The van der Waals surface area contributed by atoms with Crippen molar-refractivity contribution in [1.82, 2.24) is 4.57 Å². The predicted octanol–water partition coefficient (Wildman–Crippen LogP) is 6.66. The molecule has 2 nitrogen and oxygen atoms in total. The summed E-state index contributed by atoms with van der Waals surface area (Å²) in [7, 11) is 1.89. The molecule has 29 heavy (non-hydrogen) atoms.